The van der Waals surface area contributed by atoms with Gasteiger partial charge >= 0.3 is 0 Å². The van der Waals surface area contributed by atoms with Crippen molar-refractivity contribution < 1.29 is 9.47 Å². The number of hydrogen-bond acceptors (Lipinski definition) is 5. The third-order valence-electron chi connectivity index (χ3n) is 4.77. The van der Waals surface area contributed by atoms with Crippen molar-refractivity contribution in [3.63, 3.8) is 0 Å². The number of likely N-dealkylation sites (tertiary alicyclic amines) is 1. The summed E-state index contributed by atoms with van der Waals surface area (Å²) in [7, 11) is 0. The van der Waals surface area contributed by atoms with Gasteiger partial charge in [0.2, 0.25) is 5.88 Å². The zero-order valence-corrected chi connectivity index (χ0v) is 13.6. The summed E-state index contributed by atoms with van der Waals surface area (Å²) in [5.74, 6) is 1.13. The number of pyridine rings is 1. The van der Waals surface area contributed by atoms with Crippen molar-refractivity contribution in [2.45, 2.75) is 38.2 Å². The lowest BCUT2D eigenvalue weighted by Gasteiger charge is -2.35. The van der Waals surface area contributed by atoms with Crippen LogP contribution in [0.2, 0.25) is 0 Å². The minimum Gasteiger partial charge on any atom is -0.477 e. The van der Waals surface area contributed by atoms with Crippen molar-refractivity contribution >= 4 is 0 Å². The predicted molar refractivity (Wildman–Crippen MR) is 87.2 cm³/mol. The molecule has 0 N–H and O–H groups in total. The van der Waals surface area contributed by atoms with E-state index in [-0.39, 0.29) is 0 Å². The van der Waals surface area contributed by atoms with Gasteiger partial charge in [-0.3, -0.25) is 0 Å². The highest BCUT2D eigenvalue weighted by atomic mass is 16.5. The van der Waals surface area contributed by atoms with Gasteiger partial charge in [-0.1, -0.05) is 0 Å². The highest BCUT2D eigenvalue weighted by Gasteiger charge is 2.23. The molecule has 0 amide bonds. The second-order valence-electron chi connectivity index (χ2n) is 6.54. The van der Waals surface area contributed by atoms with Crippen molar-refractivity contribution in [3.05, 3.63) is 23.9 Å². The van der Waals surface area contributed by atoms with Crippen LogP contribution in [-0.2, 0) is 4.74 Å². The lowest BCUT2D eigenvalue weighted by atomic mass is 9.97. The Morgan fingerprint density at radius 1 is 1.30 bits per heavy atom. The number of nitriles is 1. The minimum absolute atomic E-state index is 0.439. The Balaban J connectivity index is 1.38. The smallest absolute Gasteiger partial charge is 0.214 e. The Morgan fingerprint density at radius 3 is 2.91 bits per heavy atom. The lowest BCUT2D eigenvalue weighted by Crippen LogP contribution is -2.41. The first kappa shape index (κ1) is 16.2. The van der Waals surface area contributed by atoms with Crippen LogP contribution in [0.4, 0.5) is 0 Å². The van der Waals surface area contributed by atoms with Crippen LogP contribution in [-0.4, -0.2) is 48.8 Å². The highest BCUT2D eigenvalue weighted by Crippen LogP contribution is 2.21. The Hall–Kier alpha value is -1.64. The average molecular weight is 315 g/mol. The van der Waals surface area contributed by atoms with Crippen LogP contribution < -0.4 is 4.74 Å². The third kappa shape index (κ3) is 4.92. The molecule has 0 bridgehead atoms. The molecule has 1 atom stereocenters. The number of aromatic nitrogens is 1. The highest BCUT2D eigenvalue weighted by molar-refractivity contribution is 5.31. The summed E-state index contributed by atoms with van der Waals surface area (Å²) < 4.78 is 11.6. The minimum atomic E-state index is 0.439. The summed E-state index contributed by atoms with van der Waals surface area (Å²) in [5.41, 5.74) is 0.595. The van der Waals surface area contributed by atoms with E-state index in [0.29, 0.717) is 30.1 Å². The van der Waals surface area contributed by atoms with Crippen molar-refractivity contribution in [1.29, 1.82) is 5.26 Å². The topological polar surface area (TPSA) is 58.4 Å². The number of rotatable bonds is 5. The fourth-order valence-electron chi connectivity index (χ4n) is 3.34. The first-order chi connectivity index (χ1) is 11.3. The second-order valence-corrected chi connectivity index (χ2v) is 6.54. The molecule has 5 nitrogen and oxygen atoms in total. The summed E-state index contributed by atoms with van der Waals surface area (Å²) in [6, 6.07) is 5.51. The molecule has 2 saturated heterocycles. The molecule has 2 aliphatic heterocycles. The Labute approximate surface area is 138 Å². The van der Waals surface area contributed by atoms with Crippen molar-refractivity contribution in [2.24, 2.45) is 5.92 Å². The van der Waals surface area contributed by atoms with Gasteiger partial charge in [-0.15, -0.1) is 0 Å². The summed E-state index contributed by atoms with van der Waals surface area (Å²) in [5, 5.41) is 8.89. The summed E-state index contributed by atoms with van der Waals surface area (Å²) in [4.78, 5) is 6.69. The van der Waals surface area contributed by atoms with E-state index in [4.69, 9.17) is 14.7 Å². The van der Waals surface area contributed by atoms with E-state index in [1.807, 2.05) is 0 Å². The quantitative estimate of drug-likeness (QED) is 0.836. The Bertz CT molecular complexity index is 529. The molecule has 0 radical (unpaired) electrons. The molecular formula is C18H25N3O2. The van der Waals surface area contributed by atoms with Gasteiger partial charge in [0.25, 0.3) is 0 Å². The van der Waals surface area contributed by atoms with E-state index < -0.39 is 0 Å². The van der Waals surface area contributed by atoms with Crippen LogP contribution in [0.1, 0.15) is 37.7 Å². The van der Waals surface area contributed by atoms with Crippen LogP contribution >= 0.6 is 0 Å². The van der Waals surface area contributed by atoms with E-state index >= 15 is 0 Å². The third-order valence-corrected chi connectivity index (χ3v) is 4.77. The van der Waals surface area contributed by atoms with Gasteiger partial charge in [0.15, 0.2) is 0 Å². The second kappa shape index (κ2) is 8.28. The van der Waals surface area contributed by atoms with Gasteiger partial charge in [-0.05, 0) is 57.2 Å². The molecule has 0 saturated carbocycles. The van der Waals surface area contributed by atoms with E-state index in [0.717, 1.165) is 39.1 Å². The molecule has 3 rings (SSSR count). The van der Waals surface area contributed by atoms with E-state index in [9.17, 15) is 0 Å². The molecule has 23 heavy (non-hydrogen) atoms. The number of hydrogen-bond donors (Lipinski definition) is 0. The summed E-state index contributed by atoms with van der Waals surface area (Å²) in [6.07, 6.45) is 8.12. The first-order valence-corrected chi connectivity index (χ1v) is 8.66. The van der Waals surface area contributed by atoms with Crippen molar-refractivity contribution in [2.75, 3.05) is 32.8 Å². The van der Waals surface area contributed by atoms with Crippen LogP contribution in [0.15, 0.2) is 18.3 Å². The number of piperidine rings is 1. The fourth-order valence-corrected chi connectivity index (χ4v) is 3.34. The van der Waals surface area contributed by atoms with E-state index in [1.54, 1.807) is 18.3 Å². The molecule has 5 heteroatoms. The maximum atomic E-state index is 8.89. The SMILES string of the molecule is N#Cc1ccnc(OCC2CCN(CC3CCCCO3)CC2)c1. The molecule has 0 aliphatic carbocycles. The van der Waals surface area contributed by atoms with Gasteiger partial charge in [0, 0.05) is 25.4 Å². The molecule has 2 aliphatic rings. The molecule has 124 valence electrons. The van der Waals surface area contributed by atoms with E-state index in [1.165, 1.54) is 19.3 Å². The maximum Gasteiger partial charge on any atom is 0.214 e. The zero-order chi connectivity index (χ0) is 15.9. The predicted octanol–water partition coefficient (Wildman–Crippen LogP) is 2.61. The molecule has 1 aromatic heterocycles. The molecule has 1 aromatic rings. The van der Waals surface area contributed by atoms with Crippen LogP contribution in [0.5, 0.6) is 5.88 Å². The molecule has 0 spiro atoms. The zero-order valence-electron chi connectivity index (χ0n) is 13.6. The molecule has 0 aromatic carbocycles. The van der Waals surface area contributed by atoms with Crippen LogP contribution in [0.25, 0.3) is 0 Å². The first-order valence-electron chi connectivity index (χ1n) is 8.66. The normalized spacial score (nSPS) is 23.3. The lowest BCUT2D eigenvalue weighted by molar-refractivity contribution is -0.0125. The monoisotopic (exact) mass is 315 g/mol. The van der Waals surface area contributed by atoms with E-state index in [2.05, 4.69) is 16.0 Å². The standard InChI is InChI=1S/C18H25N3O2/c19-12-16-4-7-20-18(11-16)23-14-15-5-8-21(9-6-15)13-17-3-1-2-10-22-17/h4,7,11,15,17H,1-3,5-6,8-10,13-14H2. The maximum absolute atomic E-state index is 8.89. The number of ether oxygens (including phenoxy) is 2. The molecule has 2 fully saturated rings. The van der Waals surface area contributed by atoms with Crippen LogP contribution in [0.3, 0.4) is 0 Å². The summed E-state index contributed by atoms with van der Waals surface area (Å²) >= 11 is 0. The Kier molecular flexibility index (Phi) is 5.84. The fraction of sp³-hybridized carbons (Fsp3) is 0.667. The molecule has 1 unspecified atom stereocenters. The van der Waals surface area contributed by atoms with Gasteiger partial charge in [-0.2, -0.15) is 5.26 Å². The van der Waals surface area contributed by atoms with Gasteiger partial charge in [0.05, 0.1) is 24.3 Å². The van der Waals surface area contributed by atoms with Crippen molar-refractivity contribution in [3.8, 4) is 11.9 Å². The molecule has 3 heterocycles. The summed E-state index contributed by atoms with van der Waals surface area (Å²) in [6.45, 7) is 4.96. The molecular weight excluding hydrogens is 290 g/mol. The van der Waals surface area contributed by atoms with Crippen LogP contribution in [0, 0.1) is 17.2 Å². The average Bonchev–Trinajstić information content (AvgIpc) is 2.62. The largest absolute Gasteiger partial charge is 0.477 e. The number of nitrogens with zero attached hydrogens (tertiary/aromatic N) is 3. The van der Waals surface area contributed by atoms with Gasteiger partial charge < -0.3 is 14.4 Å². The van der Waals surface area contributed by atoms with Crippen molar-refractivity contribution in [1.82, 2.24) is 9.88 Å². The Morgan fingerprint density at radius 2 is 2.17 bits per heavy atom. The van der Waals surface area contributed by atoms with Gasteiger partial charge in [0.1, 0.15) is 0 Å². The van der Waals surface area contributed by atoms with Gasteiger partial charge in [-0.25, -0.2) is 4.98 Å².